The van der Waals surface area contributed by atoms with Crippen molar-refractivity contribution in [3.63, 3.8) is 0 Å². The van der Waals surface area contributed by atoms with E-state index in [0.29, 0.717) is 13.1 Å². The molecule has 0 radical (unpaired) electrons. The summed E-state index contributed by atoms with van der Waals surface area (Å²) in [7, 11) is 0. The first-order valence-corrected chi connectivity index (χ1v) is 8.18. The van der Waals surface area contributed by atoms with E-state index in [1.807, 2.05) is 20.8 Å². The molecule has 2 amide bonds. The molecule has 0 spiro atoms. The highest BCUT2D eigenvalue weighted by atomic mass is 32.1. The second-order valence-electron chi connectivity index (χ2n) is 5.46. The van der Waals surface area contributed by atoms with Crippen molar-refractivity contribution in [2.24, 2.45) is 0 Å². The first-order valence-electron chi connectivity index (χ1n) is 7.36. The van der Waals surface area contributed by atoms with Crippen molar-refractivity contribution in [3.8, 4) is 0 Å². The number of hydrogen-bond acceptors (Lipinski definition) is 4. The molecule has 0 saturated carbocycles. The van der Waals surface area contributed by atoms with Gasteiger partial charge < -0.3 is 15.5 Å². The first-order chi connectivity index (χ1) is 9.99. The van der Waals surface area contributed by atoms with E-state index < -0.39 is 11.8 Å². The van der Waals surface area contributed by atoms with Crippen LogP contribution in [0, 0.1) is 13.8 Å². The van der Waals surface area contributed by atoms with Gasteiger partial charge in [0.2, 0.25) is 0 Å². The lowest BCUT2D eigenvalue weighted by Gasteiger charge is -2.21. The normalized spacial score (nSPS) is 17.2. The molecule has 2 heterocycles. The lowest BCUT2D eigenvalue weighted by Crippen LogP contribution is -2.45. The van der Waals surface area contributed by atoms with Gasteiger partial charge in [-0.3, -0.25) is 9.59 Å². The predicted octanol–water partition coefficient (Wildman–Crippen LogP) is 1.36. The zero-order valence-corrected chi connectivity index (χ0v) is 13.7. The largest absolute Gasteiger partial charge is 0.341 e. The number of thiophene rings is 1. The Morgan fingerprint density at radius 2 is 2.10 bits per heavy atom. The van der Waals surface area contributed by atoms with Crippen molar-refractivity contribution in [2.45, 2.75) is 33.2 Å². The fraction of sp³-hybridized carbons (Fsp3) is 0.600. The van der Waals surface area contributed by atoms with Gasteiger partial charge in [-0.25, -0.2) is 0 Å². The van der Waals surface area contributed by atoms with E-state index in [2.05, 4.69) is 16.7 Å². The number of hydrogen-bond donors (Lipinski definition) is 2. The van der Waals surface area contributed by atoms with Crippen LogP contribution in [0.2, 0.25) is 0 Å². The van der Waals surface area contributed by atoms with Crippen LogP contribution in [-0.2, 0) is 9.59 Å². The van der Waals surface area contributed by atoms with Gasteiger partial charge in [0.15, 0.2) is 0 Å². The number of carbonyl (C=O) groups excluding carboxylic acids is 2. The monoisotopic (exact) mass is 309 g/mol. The van der Waals surface area contributed by atoms with Crippen molar-refractivity contribution in [3.05, 3.63) is 21.4 Å². The summed E-state index contributed by atoms with van der Waals surface area (Å²) in [5.41, 5.74) is 1.09. The second kappa shape index (κ2) is 7.04. The lowest BCUT2D eigenvalue weighted by atomic mass is 10.1. The van der Waals surface area contributed by atoms with Crippen LogP contribution in [0.5, 0.6) is 0 Å². The maximum Gasteiger partial charge on any atom is 0.311 e. The van der Waals surface area contributed by atoms with Gasteiger partial charge in [0, 0.05) is 29.4 Å². The first kappa shape index (κ1) is 16.0. The molecule has 2 rings (SSSR count). The van der Waals surface area contributed by atoms with E-state index in [4.69, 9.17) is 0 Å². The number of nitrogens with zero attached hydrogens (tertiary/aromatic N) is 1. The molecule has 5 nitrogen and oxygen atoms in total. The summed E-state index contributed by atoms with van der Waals surface area (Å²) in [6.45, 7) is 8.89. The Hall–Kier alpha value is -1.40. The van der Waals surface area contributed by atoms with Crippen molar-refractivity contribution >= 4 is 23.2 Å². The Morgan fingerprint density at radius 3 is 2.76 bits per heavy atom. The van der Waals surface area contributed by atoms with E-state index in [1.165, 1.54) is 9.75 Å². The van der Waals surface area contributed by atoms with Gasteiger partial charge in [-0.1, -0.05) is 0 Å². The van der Waals surface area contributed by atoms with Crippen molar-refractivity contribution in [1.29, 1.82) is 0 Å². The Labute approximate surface area is 129 Å². The lowest BCUT2D eigenvalue weighted by molar-refractivity contribution is -0.146. The van der Waals surface area contributed by atoms with Gasteiger partial charge in [-0.2, -0.15) is 0 Å². The van der Waals surface area contributed by atoms with Crippen molar-refractivity contribution in [2.75, 3.05) is 26.2 Å². The molecule has 1 unspecified atom stereocenters. The minimum atomic E-state index is -0.507. The Balaban J connectivity index is 1.96. The summed E-state index contributed by atoms with van der Waals surface area (Å²) in [4.78, 5) is 28.4. The molecule has 116 valence electrons. The molecule has 0 aliphatic carbocycles. The molecule has 6 heteroatoms. The summed E-state index contributed by atoms with van der Waals surface area (Å²) in [6.07, 6.45) is 0.886. The van der Waals surface area contributed by atoms with E-state index >= 15 is 0 Å². The highest BCUT2D eigenvalue weighted by Gasteiger charge is 2.24. The maximum atomic E-state index is 12.2. The maximum absolute atomic E-state index is 12.2. The molecule has 0 aromatic carbocycles. The fourth-order valence-electron chi connectivity index (χ4n) is 2.61. The third-order valence-electron chi connectivity index (χ3n) is 3.72. The van der Waals surface area contributed by atoms with Crippen LogP contribution in [0.1, 0.15) is 34.7 Å². The molecule has 1 aromatic heterocycles. The van der Waals surface area contributed by atoms with E-state index in [-0.39, 0.29) is 6.04 Å². The smallest absolute Gasteiger partial charge is 0.311 e. The highest BCUT2D eigenvalue weighted by molar-refractivity contribution is 7.12. The quantitative estimate of drug-likeness (QED) is 0.811. The molecule has 21 heavy (non-hydrogen) atoms. The summed E-state index contributed by atoms with van der Waals surface area (Å²) < 4.78 is 0. The molecular weight excluding hydrogens is 286 g/mol. The number of amides is 2. The van der Waals surface area contributed by atoms with Crippen LogP contribution in [-0.4, -0.2) is 42.9 Å². The van der Waals surface area contributed by atoms with Gasteiger partial charge >= 0.3 is 11.8 Å². The minimum Gasteiger partial charge on any atom is -0.341 e. The Morgan fingerprint density at radius 1 is 1.33 bits per heavy atom. The van der Waals surface area contributed by atoms with Crippen LogP contribution < -0.4 is 10.6 Å². The number of carbonyl (C=O) groups is 2. The molecule has 1 aliphatic rings. The number of nitrogens with one attached hydrogen (secondary N) is 2. The third kappa shape index (κ3) is 4.04. The van der Waals surface area contributed by atoms with Crippen LogP contribution in [0.3, 0.4) is 0 Å². The molecule has 1 fully saturated rings. The molecule has 1 atom stereocenters. The third-order valence-corrected chi connectivity index (χ3v) is 4.70. The van der Waals surface area contributed by atoms with Crippen LogP contribution >= 0.6 is 11.3 Å². The van der Waals surface area contributed by atoms with E-state index in [0.717, 1.165) is 25.1 Å². The van der Waals surface area contributed by atoms with E-state index in [1.54, 1.807) is 16.2 Å². The van der Waals surface area contributed by atoms with Gasteiger partial charge in [0.25, 0.3) is 0 Å². The van der Waals surface area contributed by atoms with Gasteiger partial charge in [-0.15, -0.1) is 11.3 Å². The molecule has 2 N–H and O–H groups in total. The Bertz CT molecular complexity index is 519. The number of rotatable bonds is 2. The van der Waals surface area contributed by atoms with Crippen molar-refractivity contribution < 1.29 is 9.59 Å². The second-order valence-corrected chi connectivity index (χ2v) is 6.92. The molecule has 1 saturated heterocycles. The summed E-state index contributed by atoms with van der Waals surface area (Å²) >= 11 is 1.71. The SMILES string of the molecule is Cc1cc(C(C)NC(=O)C(=O)N2CCCNCC2)c(C)s1. The average Bonchev–Trinajstić information content (AvgIpc) is 2.67. The van der Waals surface area contributed by atoms with E-state index in [9.17, 15) is 9.59 Å². The van der Waals surface area contributed by atoms with Gasteiger partial charge in [-0.05, 0) is 45.4 Å². The standard InChI is InChI=1S/C15H23N3O2S/c1-10-9-13(12(3)21-10)11(2)17-14(19)15(20)18-7-4-5-16-6-8-18/h9,11,16H,4-8H2,1-3H3,(H,17,19). The van der Waals surface area contributed by atoms with Gasteiger partial charge in [0.1, 0.15) is 0 Å². The van der Waals surface area contributed by atoms with Crippen LogP contribution in [0.4, 0.5) is 0 Å². The predicted molar refractivity (Wildman–Crippen MR) is 84.4 cm³/mol. The van der Waals surface area contributed by atoms with Crippen LogP contribution in [0.25, 0.3) is 0 Å². The summed E-state index contributed by atoms with van der Waals surface area (Å²) in [6, 6.07) is 1.93. The molecule has 1 aliphatic heterocycles. The van der Waals surface area contributed by atoms with Crippen LogP contribution in [0.15, 0.2) is 6.07 Å². The molecular formula is C15H23N3O2S. The fourth-order valence-corrected chi connectivity index (χ4v) is 3.63. The van der Waals surface area contributed by atoms with Gasteiger partial charge in [0.05, 0.1) is 6.04 Å². The highest BCUT2D eigenvalue weighted by Crippen LogP contribution is 2.26. The Kier molecular flexibility index (Phi) is 5.36. The van der Waals surface area contributed by atoms with Crippen molar-refractivity contribution in [1.82, 2.24) is 15.5 Å². The minimum absolute atomic E-state index is 0.142. The topological polar surface area (TPSA) is 61.4 Å². The zero-order chi connectivity index (χ0) is 15.4. The zero-order valence-electron chi connectivity index (χ0n) is 12.9. The molecule has 1 aromatic rings. The number of aryl methyl sites for hydroxylation is 2. The summed E-state index contributed by atoms with van der Waals surface area (Å²) in [5, 5.41) is 6.05. The molecule has 0 bridgehead atoms. The summed E-state index contributed by atoms with van der Waals surface area (Å²) in [5.74, 6) is -0.928. The average molecular weight is 309 g/mol.